The molecule has 1 aromatic carbocycles. The van der Waals surface area contributed by atoms with Gasteiger partial charge in [-0.1, -0.05) is 35.9 Å². The molecule has 0 spiro atoms. The fourth-order valence-electron chi connectivity index (χ4n) is 3.88. The molecule has 0 aliphatic heterocycles. The predicted octanol–water partition coefficient (Wildman–Crippen LogP) is 5.75. The molecule has 0 amide bonds. The molecular weight excluding hydrogens is 458 g/mol. The number of halogens is 1. The van der Waals surface area contributed by atoms with Gasteiger partial charge in [-0.25, -0.2) is 4.79 Å². The molecule has 8 heteroatoms. The first-order valence-corrected chi connectivity index (χ1v) is 11.7. The number of rotatable bonds is 8. The number of hydrogen-bond acceptors (Lipinski definition) is 5. The maximum absolute atomic E-state index is 12.7. The van der Waals surface area contributed by atoms with Crippen LogP contribution in [0.25, 0.3) is 10.2 Å². The number of thiophene rings is 1. The highest BCUT2D eigenvalue weighted by Crippen LogP contribution is 2.30. The van der Waals surface area contributed by atoms with Crippen LogP contribution >= 0.6 is 22.9 Å². The lowest BCUT2D eigenvalue weighted by Crippen LogP contribution is -2.14. The van der Waals surface area contributed by atoms with Crippen molar-refractivity contribution in [2.24, 2.45) is 0 Å². The average molecular weight is 482 g/mol. The zero-order chi connectivity index (χ0) is 23.7. The van der Waals surface area contributed by atoms with E-state index in [4.69, 9.17) is 16.3 Å². The second kappa shape index (κ2) is 9.37. The Morgan fingerprint density at radius 3 is 2.70 bits per heavy atom. The maximum atomic E-state index is 12.7. The molecule has 0 saturated carbocycles. The van der Waals surface area contributed by atoms with Gasteiger partial charge < -0.3 is 9.30 Å². The van der Waals surface area contributed by atoms with Gasteiger partial charge in [-0.15, -0.1) is 17.9 Å². The van der Waals surface area contributed by atoms with Crippen LogP contribution in [-0.4, -0.2) is 32.7 Å². The van der Waals surface area contributed by atoms with Gasteiger partial charge in [0, 0.05) is 33.9 Å². The number of ketones is 1. The highest BCUT2D eigenvalue weighted by atomic mass is 35.5. The molecule has 0 saturated heterocycles. The summed E-state index contributed by atoms with van der Waals surface area (Å²) in [6.07, 6.45) is 1.78. The van der Waals surface area contributed by atoms with Gasteiger partial charge in [0.2, 0.25) is 5.78 Å². The number of fused-ring (bicyclic) bond motifs is 1. The molecular formula is C25H24ClN3O3S. The molecule has 4 aromatic rings. The van der Waals surface area contributed by atoms with E-state index >= 15 is 0 Å². The Bertz CT molecular complexity index is 1380. The number of carbonyl (C=O) groups excluding carboxylic acids is 2. The van der Waals surface area contributed by atoms with E-state index in [2.05, 4.69) is 11.7 Å². The van der Waals surface area contributed by atoms with E-state index in [0.717, 1.165) is 32.9 Å². The summed E-state index contributed by atoms with van der Waals surface area (Å²) < 4.78 is 9.21. The second-order valence-corrected chi connectivity index (χ2v) is 9.29. The molecule has 0 aliphatic carbocycles. The minimum Gasteiger partial charge on any atom is -0.453 e. The first-order valence-electron chi connectivity index (χ1n) is 10.5. The number of hydrogen-bond donors (Lipinski definition) is 0. The molecule has 6 nitrogen and oxygen atoms in total. The van der Waals surface area contributed by atoms with Crippen LogP contribution in [0.1, 0.15) is 42.7 Å². The molecule has 0 N–H and O–H groups in total. The predicted molar refractivity (Wildman–Crippen MR) is 132 cm³/mol. The van der Waals surface area contributed by atoms with Gasteiger partial charge in [-0.2, -0.15) is 5.10 Å². The van der Waals surface area contributed by atoms with E-state index in [9.17, 15) is 9.59 Å². The molecule has 0 fully saturated rings. The van der Waals surface area contributed by atoms with Crippen molar-refractivity contribution >= 4 is 44.9 Å². The Morgan fingerprint density at radius 2 is 1.97 bits per heavy atom. The van der Waals surface area contributed by atoms with Crippen LogP contribution in [0.15, 0.2) is 49.1 Å². The zero-order valence-electron chi connectivity index (χ0n) is 18.7. The zero-order valence-corrected chi connectivity index (χ0v) is 20.3. The monoisotopic (exact) mass is 481 g/mol. The summed E-state index contributed by atoms with van der Waals surface area (Å²) in [5, 5.41) is 6.14. The van der Waals surface area contributed by atoms with E-state index in [1.165, 1.54) is 11.3 Å². The summed E-state index contributed by atoms with van der Waals surface area (Å²) in [7, 11) is 0. The van der Waals surface area contributed by atoms with Crippen molar-refractivity contribution in [3.05, 3.63) is 87.2 Å². The molecule has 3 aromatic heterocycles. The Morgan fingerprint density at radius 1 is 1.21 bits per heavy atom. The van der Waals surface area contributed by atoms with Crippen molar-refractivity contribution in [1.29, 1.82) is 0 Å². The fraction of sp³-hybridized carbons (Fsp3) is 0.240. The first-order chi connectivity index (χ1) is 15.8. The highest BCUT2D eigenvalue weighted by molar-refractivity contribution is 7.20. The number of ether oxygens (including phenoxy) is 1. The summed E-state index contributed by atoms with van der Waals surface area (Å²) in [4.78, 5) is 26.7. The van der Waals surface area contributed by atoms with Crippen molar-refractivity contribution in [3.8, 4) is 0 Å². The summed E-state index contributed by atoms with van der Waals surface area (Å²) >= 11 is 7.60. The van der Waals surface area contributed by atoms with Gasteiger partial charge in [-0.05, 0) is 44.5 Å². The van der Waals surface area contributed by atoms with Crippen LogP contribution < -0.4 is 0 Å². The van der Waals surface area contributed by atoms with E-state index in [1.807, 2.05) is 60.4 Å². The molecule has 0 unspecified atom stereocenters. The lowest BCUT2D eigenvalue weighted by molar-refractivity contribution is 0.0479. The van der Waals surface area contributed by atoms with Gasteiger partial charge >= 0.3 is 5.97 Å². The molecule has 33 heavy (non-hydrogen) atoms. The van der Waals surface area contributed by atoms with Gasteiger partial charge in [0.1, 0.15) is 9.71 Å². The van der Waals surface area contributed by atoms with Crippen molar-refractivity contribution in [3.63, 3.8) is 0 Å². The van der Waals surface area contributed by atoms with Crippen LogP contribution in [0.4, 0.5) is 0 Å². The molecule has 0 bridgehead atoms. The summed E-state index contributed by atoms with van der Waals surface area (Å²) in [5.74, 6) is -0.748. The highest BCUT2D eigenvalue weighted by Gasteiger charge is 2.21. The Balaban J connectivity index is 1.50. The third-order valence-electron chi connectivity index (χ3n) is 5.61. The lowest BCUT2D eigenvalue weighted by Gasteiger charge is -2.06. The third kappa shape index (κ3) is 4.51. The van der Waals surface area contributed by atoms with Gasteiger partial charge in [-0.3, -0.25) is 9.48 Å². The smallest absolute Gasteiger partial charge is 0.348 e. The average Bonchev–Trinajstić information content (AvgIpc) is 3.44. The summed E-state index contributed by atoms with van der Waals surface area (Å²) in [6.45, 7) is 10.3. The van der Waals surface area contributed by atoms with Crippen molar-refractivity contribution < 1.29 is 14.3 Å². The number of aryl methyl sites for hydroxylation is 2. The number of carbonyl (C=O) groups is 2. The van der Waals surface area contributed by atoms with Crippen molar-refractivity contribution in [2.45, 2.75) is 33.9 Å². The van der Waals surface area contributed by atoms with E-state index in [0.29, 0.717) is 28.6 Å². The maximum Gasteiger partial charge on any atom is 0.348 e. The fourth-order valence-corrected chi connectivity index (χ4v) is 5.13. The van der Waals surface area contributed by atoms with Gasteiger partial charge in [0.05, 0.1) is 12.2 Å². The summed E-state index contributed by atoms with van der Waals surface area (Å²) in [5.41, 5.74) is 4.12. The Kier molecular flexibility index (Phi) is 6.54. The lowest BCUT2D eigenvalue weighted by atomic mass is 10.1. The standard InChI is InChI=1S/C25H24ClN3O3S/c1-5-10-28-15(2)11-20(17(28)4)22(30)14-32-25(31)23-12-19-16(3)27-29(24(19)33-23)13-18-8-6-7-9-21(18)26/h5-9,11-12H,1,10,13-14H2,2-4H3. The van der Waals surface area contributed by atoms with Crippen molar-refractivity contribution in [1.82, 2.24) is 14.3 Å². The largest absolute Gasteiger partial charge is 0.453 e. The van der Waals surface area contributed by atoms with Crippen LogP contribution in [-0.2, 0) is 17.8 Å². The molecule has 0 atom stereocenters. The number of esters is 1. The van der Waals surface area contributed by atoms with Crippen molar-refractivity contribution in [2.75, 3.05) is 6.61 Å². The molecule has 0 radical (unpaired) electrons. The molecule has 0 aliphatic rings. The molecule has 4 rings (SSSR count). The third-order valence-corrected chi connectivity index (χ3v) is 7.10. The van der Waals surface area contributed by atoms with Gasteiger partial charge in [0.25, 0.3) is 0 Å². The number of benzene rings is 1. The number of aromatic nitrogens is 3. The number of nitrogens with zero attached hydrogens (tertiary/aromatic N) is 3. The molecule has 3 heterocycles. The van der Waals surface area contributed by atoms with Crippen LogP contribution in [0, 0.1) is 20.8 Å². The van der Waals surface area contributed by atoms with E-state index < -0.39 is 5.97 Å². The number of allylic oxidation sites excluding steroid dienone is 1. The minimum atomic E-state index is -0.520. The first kappa shape index (κ1) is 23.0. The topological polar surface area (TPSA) is 66.1 Å². The van der Waals surface area contributed by atoms with Crippen LogP contribution in [0.2, 0.25) is 5.02 Å². The quantitative estimate of drug-likeness (QED) is 0.182. The van der Waals surface area contributed by atoms with E-state index in [1.54, 1.807) is 12.1 Å². The second-order valence-electron chi connectivity index (χ2n) is 7.85. The summed E-state index contributed by atoms with van der Waals surface area (Å²) in [6, 6.07) is 11.2. The number of Topliss-reactive ketones (excluding diaryl/α,β-unsaturated/α-hetero) is 1. The normalized spacial score (nSPS) is 11.2. The SMILES string of the molecule is C=CCn1c(C)cc(C(=O)COC(=O)c2cc3c(C)nn(Cc4ccccc4Cl)c3s2)c1C. The van der Waals surface area contributed by atoms with Crippen LogP contribution in [0.5, 0.6) is 0 Å². The van der Waals surface area contributed by atoms with Crippen LogP contribution in [0.3, 0.4) is 0 Å². The minimum absolute atomic E-state index is 0.228. The van der Waals surface area contributed by atoms with Gasteiger partial charge in [0.15, 0.2) is 6.61 Å². The molecule has 170 valence electrons. The van der Waals surface area contributed by atoms with E-state index in [-0.39, 0.29) is 12.4 Å². The Labute approximate surface area is 201 Å². The Hall–Kier alpha value is -3.16.